The van der Waals surface area contributed by atoms with Gasteiger partial charge in [-0.3, -0.25) is 9.59 Å². The summed E-state index contributed by atoms with van der Waals surface area (Å²) in [6.45, 7) is 1.71. The molecule has 3 rings (SSSR count). The maximum atomic E-state index is 12.4. The lowest BCUT2D eigenvalue weighted by Crippen LogP contribution is -2.33. The number of aromatic nitrogens is 1. The Balaban J connectivity index is 1.62. The van der Waals surface area contributed by atoms with Crippen LogP contribution in [-0.2, 0) is 4.79 Å². The monoisotopic (exact) mass is 373 g/mol. The normalized spacial score (nSPS) is 10.5. The summed E-state index contributed by atoms with van der Waals surface area (Å²) in [7, 11) is 0. The number of thiophene rings is 1. The standard InChI is InChI=1S/C18H16ClN3O2S/c1-12-13(19)5-4-6-14(12)21-16(23)11-20-18(24)17-15(7-10-25-17)22-8-2-3-9-22/h2-10H,11H2,1H3,(H,20,24)(H,21,23). The lowest BCUT2D eigenvalue weighted by atomic mass is 10.2. The van der Waals surface area contributed by atoms with Crippen LogP contribution in [0.25, 0.3) is 5.69 Å². The van der Waals surface area contributed by atoms with Gasteiger partial charge in [0, 0.05) is 23.1 Å². The van der Waals surface area contributed by atoms with Crippen molar-refractivity contribution in [2.75, 3.05) is 11.9 Å². The second-order valence-electron chi connectivity index (χ2n) is 5.37. The Kier molecular flexibility index (Phi) is 5.21. The van der Waals surface area contributed by atoms with Crippen molar-refractivity contribution in [3.8, 4) is 5.69 Å². The summed E-state index contributed by atoms with van der Waals surface area (Å²) in [5, 5.41) is 7.84. The van der Waals surface area contributed by atoms with Gasteiger partial charge in [0.25, 0.3) is 5.91 Å². The number of halogens is 1. The fourth-order valence-electron chi connectivity index (χ4n) is 2.35. The first-order valence-corrected chi connectivity index (χ1v) is 8.86. The molecule has 0 aliphatic carbocycles. The minimum atomic E-state index is -0.308. The molecule has 0 saturated heterocycles. The zero-order valence-electron chi connectivity index (χ0n) is 13.5. The molecule has 0 bridgehead atoms. The van der Waals surface area contributed by atoms with Crippen molar-refractivity contribution < 1.29 is 9.59 Å². The number of benzene rings is 1. The second-order valence-corrected chi connectivity index (χ2v) is 6.69. The summed E-state index contributed by atoms with van der Waals surface area (Å²) in [4.78, 5) is 25.0. The highest BCUT2D eigenvalue weighted by Crippen LogP contribution is 2.23. The highest BCUT2D eigenvalue weighted by Gasteiger charge is 2.15. The molecule has 128 valence electrons. The third-order valence-corrected chi connectivity index (χ3v) is 5.00. The molecular weight excluding hydrogens is 358 g/mol. The third kappa shape index (κ3) is 3.92. The second kappa shape index (κ2) is 7.55. The fourth-order valence-corrected chi connectivity index (χ4v) is 3.33. The van der Waals surface area contributed by atoms with Crippen LogP contribution in [0.1, 0.15) is 15.2 Å². The molecule has 2 amide bonds. The molecule has 2 heterocycles. The van der Waals surface area contributed by atoms with Gasteiger partial charge >= 0.3 is 0 Å². The summed E-state index contributed by atoms with van der Waals surface area (Å²) in [6.07, 6.45) is 3.74. The Bertz CT molecular complexity index is 903. The Hall–Kier alpha value is -2.57. The van der Waals surface area contributed by atoms with Gasteiger partial charge in [0.05, 0.1) is 12.2 Å². The molecule has 0 radical (unpaired) electrons. The van der Waals surface area contributed by atoms with E-state index in [4.69, 9.17) is 11.6 Å². The highest BCUT2D eigenvalue weighted by atomic mass is 35.5. The molecule has 2 aromatic heterocycles. The molecule has 0 unspecified atom stereocenters. The molecular formula is C18H16ClN3O2S. The van der Waals surface area contributed by atoms with Crippen molar-refractivity contribution in [2.24, 2.45) is 0 Å². The van der Waals surface area contributed by atoms with E-state index in [0.717, 1.165) is 11.3 Å². The van der Waals surface area contributed by atoms with Crippen LogP contribution in [0.4, 0.5) is 5.69 Å². The Morgan fingerprint density at radius 3 is 2.68 bits per heavy atom. The number of amides is 2. The van der Waals surface area contributed by atoms with Crippen molar-refractivity contribution >= 4 is 40.4 Å². The molecule has 0 aliphatic heterocycles. The van der Waals surface area contributed by atoms with Crippen molar-refractivity contribution in [3.05, 3.63) is 69.6 Å². The van der Waals surface area contributed by atoms with Gasteiger partial charge in [-0.05, 0) is 48.2 Å². The lowest BCUT2D eigenvalue weighted by Gasteiger charge is -2.10. The van der Waals surface area contributed by atoms with Gasteiger partial charge in [0.1, 0.15) is 4.88 Å². The molecule has 25 heavy (non-hydrogen) atoms. The molecule has 0 fully saturated rings. The first-order valence-electron chi connectivity index (χ1n) is 7.60. The van der Waals surface area contributed by atoms with E-state index in [-0.39, 0.29) is 18.4 Å². The number of hydrogen-bond donors (Lipinski definition) is 2. The smallest absolute Gasteiger partial charge is 0.263 e. The van der Waals surface area contributed by atoms with Crippen molar-refractivity contribution in [1.82, 2.24) is 9.88 Å². The highest BCUT2D eigenvalue weighted by molar-refractivity contribution is 7.12. The van der Waals surface area contributed by atoms with E-state index in [1.54, 1.807) is 18.2 Å². The zero-order valence-corrected chi connectivity index (χ0v) is 15.0. The predicted molar refractivity (Wildman–Crippen MR) is 101 cm³/mol. The summed E-state index contributed by atoms with van der Waals surface area (Å²) in [6, 6.07) is 10.9. The van der Waals surface area contributed by atoms with E-state index >= 15 is 0 Å². The van der Waals surface area contributed by atoms with E-state index in [2.05, 4.69) is 10.6 Å². The average molecular weight is 374 g/mol. The maximum absolute atomic E-state index is 12.4. The van der Waals surface area contributed by atoms with Crippen molar-refractivity contribution in [3.63, 3.8) is 0 Å². The van der Waals surface area contributed by atoms with E-state index in [9.17, 15) is 9.59 Å². The number of rotatable bonds is 5. The number of carbonyl (C=O) groups is 2. The lowest BCUT2D eigenvalue weighted by molar-refractivity contribution is -0.115. The van der Waals surface area contributed by atoms with Crippen LogP contribution in [0.3, 0.4) is 0 Å². The number of anilines is 1. The molecule has 3 aromatic rings. The van der Waals surface area contributed by atoms with Crippen LogP contribution in [0, 0.1) is 6.92 Å². The SMILES string of the molecule is Cc1c(Cl)cccc1NC(=O)CNC(=O)c1sccc1-n1cccc1. The van der Waals surface area contributed by atoms with Crippen LogP contribution in [-0.4, -0.2) is 22.9 Å². The van der Waals surface area contributed by atoms with Gasteiger partial charge in [-0.25, -0.2) is 0 Å². The summed E-state index contributed by atoms with van der Waals surface area (Å²) >= 11 is 7.37. The summed E-state index contributed by atoms with van der Waals surface area (Å²) < 4.78 is 1.86. The van der Waals surface area contributed by atoms with E-state index in [1.165, 1.54) is 11.3 Å². The molecule has 0 saturated carbocycles. The minimum absolute atomic E-state index is 0.117. The Morgan fingerprint density at radius 2 is 1.92 bits per heavy atom. The molecule has 2 N–H and O–H groups in total. The number of nitrogens with zero attached hydrogens (tertiary/aromatic N) is 1. The Morgan fingerprint density at radius 1 is 1.16 bits per heavy atom. The fraction of sp³-hybridized carbons (Fsp3) is 0.111. The topological polar surface area (TPSA) is 63.1 Å². The summed E-state index contributed by atoms with van der Waals surface area (Å²) in [5.41, 5.74) is 2.21. The minimum Gasteiger partial charge on any atom is -0.342 e. The quantitative estimate of drug-likeness (QED) is 0.713. The predicted octanol–water partition coefficient (Wildman–Crippen LogP) is 3.87. The van der Waals surface area contributed by atoms with Crippen LogP contribution < -0.4 is 10.6 Å². The average Bonchev–Trinajstić information content (AvgIpc) is 3.27. The largest absolute Gasteiger partial charge is 0.342 e. The molecule has 1 aromatic carbocycles. The van der Waals surface area contributed by atoms with Crippen LogP contribution in [0.2, 0.25) is 5.02 Å². The first-order chi connectivity index (χ1) is 12.1. The van der Waals surface area contributed by atoms with E-state index in [0.29, 0.717) is 15.6 Å². The molecule has 5 nitrogen and oxygen atoms in total. The maximum Gasteiger partial charge on any atom is 0.263 e. The van der Waals surface area contributed by atoms with Gasteiger partial charge < -0.3 is 15.2 Å². The summed E-state index contributed by atoms with van der Waals surface area (Å²) in [5.74, 6) is -0.588. The van der Waals surface area contributed by atoms with Gasteiger partial charge in [-0.2, -0.15) is 0 Å². The van der Waals surface area contributed by atoms with Gasteiger partial charge in [0.2, 0.25) is 5.91 Å². The number of carbonyl (C=O) groups excluding carboxylic acids is 2. The molecule has 0 spiro atoms. The van der Waals surface area contributed by atoms with Crippen molar-refractivity contribution in [2.45, 2.75) is 6.92 Å². The first kappa shape index (κ1) is 17.3. The molecule has 0 atom stereocenters. The van der Waals surface area contributed by atoms with Gasteiger partial charge in [-0.15, -0.1) is 11.3 Å². The number of nitrogens with one attached hydrogen (secondary N) is 2. The van der Waals surface area contributed by atoms with E-state index in [1.807, 2.05) is 47.5 Å². The van der Waals surface area contributed by atoms with Crippen LogP contribution in [0.15, 0.2) is 54.2 Å². The Labute approximate surface area is 154 Å². The third-order valence-electron chi connectivity index (χ3n) is 3.68. The number of hydrogen-bond acceptors (Lipinski definition) is 3. The van der Waals surface area contributed by atoms with Gasteiger partial charge in [-0.1, -0.05) is 17.7 Å². The van der Waals surface area contributed by atoms with Crippen LogP contribution >= 0.6 is 22.9 Å². The molecule has 0 aliphatic rings. The van der Waals surface area contributed by atoms with E-state index < -0.39 is 0 Å². The van der Waals surface area contributed by atoms with Crippen molar-refractivity contribution in [1.29, 1.82) is 0 Å². The van der Waals surface area contributed by atoms with Crippen LogP contribution in [0.5, 0.6) is 0 Å². The zero-order chi connectivity index (χ0) is 17.8. The molecule has 7 heteroatoms. The van der Waals surface area contributed by atoms with Gasteiger partial charge in [0.15, 0.2) is 0 Å².